The van der Waals surface area contributed by atoms with Crippen molar-refractivity contribution in [3.63, 3.8) is 0 Å². The molecule has 2 aliphatic heterocycles. The average Bonchev–Trinajstić information content (AvgIpc) is 3.86. The van der Waals surface area contributed by atoms with Gasteiger partial charge in [0.25, 0.3) is 6.71 Å². The standard InChI is InChI=1S/C54H30BN7/c56-29-43-50(60(37-15-5-11-33(27-37)35-13-9-25-58-31-35)38-16-6-12-34(28-38)36-14-10-26-59-32-36)44(30-57)54-49-53(43)61-47-23-3-1-17-39(47)41-19-7-21-45(51(41)61)55(49)46-22-8-20-42-40-18-2-4-24-48(40)62(54)52(42)46/h1-28,31-32H. The molecule has 2 aliphatic rings. The second kappa shape index (κ2) is 12.9. The van der Waals surface area contributed by atoms with Crippen LogP contribution in [0.4, 0.5) is 17.1 Å². The van der Waals surface area contributed by atoms with E-state index in [1.807, 2.05) is 48.8 Å². The fraction of sp³-hybridized carbons (Fsp3) is 0. The predicted octanol–water partition coefficient (Wildman–Crippen LogP) is 10.4. The van der Waals surface area contributed by atoms with Crippen LogP contribution in [0.5, 0.6) is 0 Å². The summed E-state index contributed by atoms with van der Waals surface area (Å²) in [7, 11) is 0. The molecule has 284 valence electrons. The van der Waals surface area contributed by atoms with Crippen LogP contribution in [-0.2, 0) is 0 Å². The molecule has 0 saturated carbocycles. The fourth-order valence-corrected chi connectivity index (χ4v) is 10.5. The molecular weight excluding hydrogens is 757 g/mol. The van der Waals surface area contributed by atoms with E-state index in [0.717, 1.165) is 105 Å². The van der Waals surface area contributed by atoms with Crippen LogP contribution in [-0.4, -0.2) is 25.8 Å². The first-order chi connectivity index (χ1) is 30.7. The number of anilines is 3. The summed E-state index contributed by atoms with van der Waals surface area (Å²) in [6, 6.07) is 60.2. The maximum atomic E-state index is 11.9. The van der Waals surface area contributed by atoms with Crippen molar-refractivity contribution in [3.05, 3.63) is 194 Å². The minimum atomic E-state index is -0.245. The average molecular weight is 788 g/mol. The summed E-state index contributed by atoms with van der Waals surface area (Å²) in [5.41, 5.74) is 15.8. The van der Waals surface area contributed by atoms with Gasteiger partial charge in [-0.05, 0) is 76.0 Å². The lowest BCUT2D eigenvalue weighted by molar-refractivity contribution is 1.11. The Morgan fingerprint density at radius 3 is 1.39 bits per heavy atom. The van der Waals surface area contributed by atoms with Gasteiger partial charge in [0.1, 0.15) is 23.3 Å². The first-order valence-electron chi connectivity index (χ1n) is 20.6. The highest BCUT2D eigenvalue weighted by molar-refractivity contribution is 7.00. The number of para-hydroxylation sites is 4. The molecule has 0 radical (unpaired) electrons. The number of aromatic nitrogens is 4. The minimum Gasteiger partial charge on any atom is -0.309 e. The van der Waals surface area contributed by atoms with Gasteiger partial charge in [0.2, 0.25) is 0 Å². The van der Waals surface area contributed by atoms with Gasteiger partial charge in [0.15, 0.2) is 0 Å². The molecule has 0 aliphatic carbocycles. The number of nitrogens with zero attached hydrogens (tertiary/aromatic N) is 7. The number of hydrogen-bond donors (Lipinski definition) is 0. The molecule has 0 saturated heterocycles. The third-order valence-corrected chi connectivity index (χ3v) is 12.9. The number of nitriles is 2. The van der Waals surface area contributed by atoms with Crippen molar-refractivity contribution in [2.24, 2.45) is 0 Å². The Kier molecular flexibility index (Phi) is 7.11. The summed E-state index contributed by atoms with van der Waals surface area (Å²) in [6.07, 6.45) is 7.26. The predicted molar refractivity (Wildman–Crippen MR) is 250 cm³/mol. The van der Waals surface area contributed by atoms with Crippen molar-refractivity contribution >= 4 is 83.8 Å². The van der Waals surface area contributed by atoms with Crippen molar-refractivity contribution < 1.29 is 0 Å². The smallest absolute Gasteiger partial charge is 0.252 e. The van der Waals surface area contributed by atoms with Gasteiger partial charge in [-0.1, -0.05) is 109 Å². The molecule has 0 fully saturated rings. The van der Waals surface area contributed by atoms with Crippen LogP contribution in [0.15, 0.2) is 183 Å². The summed E-state index contributed by atoms with van der Waals surface area (Å²) in [6.45, 7) is -0.245. The molecule has 0 atom stereocenters. The Morgan fingerprint density at radius 2 is 0.919 bits per heavy atom. The lowest BCUT2D eigenvalue weighted by Crippen LogP contribution is -2.60. The van der Waals surface area contributed by atoms with Gasteiger partial charge in [-0.2, -0.15) is 10.5 Å². The van der Waals surface area contributed by atoms with Crippen LogP contribution in [0.1, 0.15) is 11.1 Å². The highest BCUT2D eigenvalue weighted by Crippen LogP contribution is 2.48. The molecule has 13 rings (SSSR count). The van der Waals surface area contributed by atoms with Crippen molar-refractivity contribution in [2.45, 2.75) is 0 Å². The quantitative estimate of drug-likeness (QED) is 0.162. The van der Waals surface area contributed by atoms with Gasteiger partial charge in [-0.25, -0.2) is 0 Å². The van der Waals surface area contributed by atoms with Gasteiger partial charge in [0.05, 0.1) is 28.1 Å². The van der Waals surface area contributed by atoms with E-state index in [1.54, 1.807) is 12.4 Å². The Balaban J connectivity index is 1.25. The second-order valence-electron chi connectivity index (χ2n) is 16.0. The monoisotopic (exact) mass is 787 g/mol. The summed E-state index contributed by atoms with van der Waals surface area (Å²) in [5.74, 6) is 0. The summed E-state index contributed by atoms with van der Waals surface area (Å²) >= 11 is 0. The van der Waals surface area contributed by atoms with Gasteiger partial charge in [-0.3, -0.25) is 9.97 Å². The van der Waals surface area contributed by atoms with Crippen LogP contribution >= 0.6 is 0 Å². The van der Waals surface area contributed by atoms with Crippen molar-refractivity contribution in [3.8, 4) is 45.8 Å². The van der Waals surface area contributed by atoms with Crippen LogP contribution in [0, 0.1) is 22.7 Å². The maximum Gasteiger partial charge on any atom is 0.252 e. The number of rotatable bonds is 5. The van der Waals surface area contributed by atoms with E-state index < -0.39 is 0 Å². The van der Waals surface area contributed by atoms with E-state index >= 15 is 0 Å². The van der Waals surface area contributed by atoms with E-state index in [2.05, 4.69) is 157 Å². The Hall–Kier alpha value is -8.72. The molecule has 62 heavy (non-hydrogen) atoms. The fourth-order valence-electron chi connectivity index (χ4n) is 10.5. The van der Waals surface area contributed by atoms with Gasteiger partial charge in [0, 0.05) is 79.9 Å². The molecule has 0 bridgehead atoms. The first-order valence-corrected chi connectivity index (χ1v) is 20.6. The first kappa shape index (κ1) is 34.2. The van der Waals surface area contributed by atoms with Crippen LogP contribution in [0.3, 0.4) is 0 Å². The van der Waals surface area contributed by atoms with Gasteiger partial charge < -0.3 is 14.0 Å². The summed E-state index contributed by atoms with van der Waals surface area (Å²) < 4.78 is 4.62. The molecule has 11 aromatic rings. The highest BCUT2D eigenvalue weighted by Gasteiger charge is 2.45. The molecule has 0 N–H and O–H groups in total. The SMILES string of the molecule is N#Cc1c(N(c2cccc(-c3cccnc3)c2)c2cccc(-c3cccnc3)c2)c(C#N)c2c3c1-n1c4ccccc4c4cccc(c41)B3c1cccc3c4ccccc4n-2c13. The van der Waals surface area contributed by atoms with Crippen molar-refractivity contribution in [1.29, 1.82) is 10.5 Å². The van der Waals surface area contributed by atoms with Crippen LogP contribution in [0.2, 0.25) is 0 Å². The van der Waals surface area contributed by atoms with E-state index in [1.165, 1.54) is 0 Å². The third kappa shape index (κ3) is 4.53. The largest absolute Gasteiger partial charge is 0.309 e. The molecule has 7 aromatic carbocycles. The molecule has 4 aromatic heterocycles. The Morgan fingerprint density at radius 1 is 0.468 bits per heavy atom. The normalized spacial score (nSPS) is 12.1. The third-order valence-electron chi connectivity index (χ3n) is 12.9. The number of hydrogen-bond acceptors (Lipinski definition) is 5. The van der Waals surface area contributed by atoms with Gasteiger partial charge in [-0.15, -0.1) is 0 Å². The van der Waals surface area contributed by atoms with E-state index in [0.29, 0.717) is 16.8 Å². The molecular formula is C54H30BN7. The van der Waals surface area contributed by atoms with Gasteiger partial charge >= 0.3 is 0 Å². The Bertz CT molecular complexity index is 3550. The zero-order chi connectivity index (χ0) is 41.1. The zero-order valence-corrected chi connectivity index (χ0v) is 33.0. The maximum absolute atomic E-state index is 11.9. The molecule has 7 nitrogen and oxygen atoms in total. The molecule has 0 amide bonds. The molecule has 8 heteroatoms. The molecule has 0 spiro atoms. The lowest BCUT2D eigenvalue weighted by atomic mass is 9.34. The Labute approximate surface area is 356 Å². The molecule has 6 heterocycles. The van der Waals surface area contributed by atoms with Crippen LogP contribution < -0.4 is 21.3 Å². The summed E-state index contributed by atoms with van der Waals surface area (Å²) in [5, 5.41) is 28.4. The van der Waals surface area contributed by atoms with Crippen molar-refractivity contribution in [2.75, 3.05) is 4.90 Å². The van der Waals surface area contributed by atoms with E-state index in [-0.39, 0.29) is 6.71 Å². The second-order valence-corrected chi connectivity index (χ2v) is 16.0. The zero-order valence-electron chi connectivity index (χ0n) is 33.0. The number of fused-ring (bicyclic) bond motifs is 10. The number of benzene rings is 7. The highest BCUT2D eigenvalue weighted by atomic mass is 15.2. The van der Waals surface area contributed by atoms with Crippen LogP contribution in [0.25, 0.3) is 77.2 Å². The van der Waals surface area contributed by atoms with E-state index in [4.69, 9.17) is 0 Å². The lowest BCUT2D eigenvalue weighted by Gasteiger charge is -2.37. The number of pyridine rings is 2. The summed E-state index contributed by atoms with van der Waals surface area (Å²) in [4.78, 5) is 11.0. The topological polar surface area (TPSA) is 86.5 Å². The van der Waals surface area contributed by atoms with E-state index in [9.17, 15) is 10.5 Å². The minimum absolute atomic E-state index is 0.245. The van der Waals surface area contributed by atoms with Crippen molar-refractivity contribution in [1.82, 2.24) is 19.1 Å². The molecule has 0 unspecified atom stereocenters.